The summed E-state index contributed by atoms with van der Waals surface area (Å²) in [6.45, 7) is 4.14. The van der Waals surface area contributed by atoms with Gasteiger partial charge in [0.15, 0.2) is 0 Å². The van der Waals surface area contributed by atoms with Crippen LogP contribution in [0.1, 0.15) is 28.7 Å². The molecule has 3 aliphatic heterocycles. The monoisotopic (exact) mass is 488 g/mol. The van der Waals surface area contributed by atoms with E-state index in [2.05, 4.69) is 72.2 Å². The molecule has 3 heterocycles. The lowest BCUT2D eigenvalue weighted by atomic mass is 9.83. The molecular weight excluding hydrogens is 470 g/mol. The quantitative estimate of drug-likeness (QED) is 0.210. The van der Waals surface area contributed by atoms with Crippen LogP contribution in [0.2, 0.25) is 0 Å². The molecule has 0 amide bonds. The highest BCUT2D eigenvalue weighted by Gasteiger charge is 2.87. The van der Waals surface area contributed by atoms with Crippen LogP contribution in [0.4, 0.5) is 11.4 Å². The first kappa shape index (κ1) is 20.1. The average Bonchev–Trinajstić information content (AvgIpc) is 3.47. The minimum absolute atomic E-state index is 0.556. The van der Waals surface area contributed by atoms with Gasteiger partial charge in [0.1, 0.15) is 11.1 Å². The zero-order valence-electron chi connectivity index (χ0n) is 17.0. The second kappa shape index (κ2) is 6.05. The molecule has 0 spiro atoms. The van der Waals surface area contributed by atoms with E-state index in [0.29, 0.717) is 6.42 Å². The van der Waals surface area contributed by atoms with Crippen LogP contribution in [0.5, 0.6) is 0 Å². The standard InChI is InChI=1S/C25H20Cl4N2/c1-16-7-11-18(12-8-16)22-15-23(19-13-9-17(2)10-14-19)25(28,29)31(23)21-6-4-3-5-20(21)30(22)24(22,26)27/h3-14H,15H2,1-2H3/t22-,23+,30?,31?. The topological polar surface area (TPSA) is 6.02 Å². The summed E-state index contributed by atoms with van der Waals surface area (Å²) >= 11 is 28.3. The molecule has 0 radical (unpaired) electrons. The molecule has 0 unspecified atom stereocenters. The van der Waals surface area contributed by atoms with Crippen LogP contribution < -0.4 is 9.80 Å². The van der Waals surface area contributed by atoms with Crippen molar-refractivity contribution in [2.45, 2.75) is 40.3 Å². The number of fused-ring (bicyclic) bond motifs is 5. The first-order valence-electron chi connectivity index (χ1n) is 10.3. The van der Waals surface area contributed by atoms with Crippen molar-refractivity contribution in [1.29, 1.82) is 0 Å². The summed E-state index contributed by atoms with van der Waals surface area (Å²) in [5.41, 5.74) is 5.03. The molecule has 3 aliphatic rings. The lowest BCUT2D eigenvalue weighted by molar-refractivity contribution is 0.501. The second-order valence-electron chi connectivity index (χ2n) is 8.87. The van der Waals surface area contributed by atoms with E-state index in [0.717, 1.165) is 22.5 Å². The van der Waals surface area contributed by atoms with E-state index in [1.54, 1.807) is 0 Å². The Labute approximate surface area is 202 Å². The number of hydrogen-bond acceptors (Lipinski definition) is 2. The zero-order chi connectivity index (χ0) is 21.8. The summed E-state index contributed by atoms with van der Waals surface area (Å²) in [5.74, 6) is 0. The van der Waals surface area contributed by atoms with Gasteiger partial charge < -0.3 is 9.80 Å². The number of alkyl halides is 4. The maximum absolute atomic E-state index is 7.08. The predicted octanol–water partition coefficient (Wildman–Crippen LogP) is 7.40. The first-order valence-corrected chi connectivity index (χ1v) is 11.8. The Morgan fingerprint density at radius 1 is 0.581 bits per heavy atom. The SMILES string of the molecule is Cc1ccc([C@@]23C[C@@]4(c5ccc(C)cc5)N(c5ccccc5N2C3(Cl)Cl)C4(Cl)Cl)cc1. The van der Waals surface area contributed by atoms with Crippen molar-refractivity contribution >= 4 is 57.8 Å². The van der Waals surface area contributed by atoms with Gasteiger partial charge >= 0.3 is 0 Å². The molecule has 0 aliphatic carbocycles. The van der Waals surface area contributed by atoms with Gasteiger partial charge in [-0.05, 0) is 37.1 Å². The van der Waals surface area contributed by atoms with Crippen LogP contribution in [0, 0.1) is 13.8 Å². The van der Waals surface area contributed by atoms with Crippen molar-refractivity contribution in [3.05, 3.63) is 95.1 Å². The van der Waals surface area contributed by atoms with Gasteiger partial charge in [0, 0.05) is 6.42 Å². The summed E-state index contributed by atoms with van der Waals surface area (Å²) in [7, 11) is 0. The van der Waals surface area contributed by atoms with Gasteiger partial charge in [-0.2, -0.15) is 0 Å². The van der Waals surface area contributed by atoms with Crippen LogP contribution in [-0.2, 0) is 11.1 Å². The third kappa shape index (κ3) is 2.27. The minimum Gasteiger partial charge on any atom is -0.321 e. The van der Waals surface area contributed by atoms with E-state index >= 15 is 0 Å². The Hall–Kier alpha value is -1.58. The van der Waals surface area contributed by atoms with Crippen molar-refractivity contribution in [2.24, 2.45) is 0 Å². The number of nitrogens with zero attached hydrogens (tertiary/aromatic N) is 2. The van der Waals surface area contributed by atoms with E-state index in [9.17, 15) is 0 Å². The average molecular weight is 490 g/mol. The van der Waals surface area contributed by atoms with Gasteiger partial charge in [0.05, 0.1) is 11.4 Å². The van der Waals surface area contributed by atoms with E-state index in [-0.39, 0.29) is 0 Å². The van der Waals surface area contributed by atoms with Crippen molar-refractivity contribution in [1.82, 2.24) is 0 Å². The zero-order valence-corrected chi connectivity index (χ0v) is 20.1. The number of anilines is 2. The smallest absolute Gasteiger partial charge is 0.219 e. The molecule has 6 heteroatoms. The molecule has 31 heavy (non-hydrogen) atoms. The molecule has 0 bridgehead atoms. The van der Waals surface area contributed by atoms with Gasteiger partial charge in [-0.3, -0.25) is 0 Å². The summed E-state index contributed by atoms with van der Waals surface area (Å²) in [6.07, 6.45) is 0.556. The maximum atomic E-state index is 7.08. The Kier molecular flexibility index (Phi) is 3.92. The molecule has 2 nitrogen and oxygen atoms in total. The molecule has 3 aromatic rings. The summed E-state index contributed by atoms with van der Waals surface area (Å²) in [4.78, 5) is 4.21. The third-order valence-corrected chi connectivity index (χ3v) is 9.08. The fraction of sp³-hybridized carbons (Fsp3) is 0.280. The molecule has 2 saturated heterocycles. The van der Waals surface area contributed by atoms with Crippen molar-refractivity contribution in [3.63, 3.8) is 0 Å². The molecular formula is C25H20Cl4N2. The minimum atomic E-state index is -1.12. The molecule has 2 atom stereocenters. The fourth-order valence-electron chi connectivity index (χ4n) is 5.46. The summed E-state index contributed by atoms with van der Waals surface area (Å²) in [6, 6.07) is 24.9. The number of aryl methyl sites for hydroxylation is 2. The summed E-state index contributed by atoms with van der Waals surface area (Å²) in [5, 5.41) is 0. The normalized spacial score (nSPS) is 28.8. The van der Waals surface area contributed by atoms with Crippen LogP contribution in [-0.4, -0.2) is 8.91 Å². The largest absolute Gasteiger partial charge is 0.321 e. The molecule has 0 aromatic heterocycles. The van der Waals surface area contributed by atoms with Gasteiger partial charge in [-0.25, -0.2) is 0 Å². The maximum Gasteiger partial charge on any atom is 0.219 e. The first-order chi connectivity index (χ1) is 14.7. The molecule has 158 valence electrons. The molecule has 2 fully saturated rings. The van der Waals surface area contributed by atoms with E-state index in [1.165, 1.54) is 11.1 Å². The van der Waals surface area contributed by atoms with Crippen LogP contribution in [0.3, 0.4) is 0 Å². The van der Waals surface area contributed by atoms with Crippen LogP contribution in [0.25, 0.3) is 0 Å². The van der Waals surface area contributed by atoms with Crippen LogP contribution >= 0.6 is 46.4 Å². The number of hydrogen-bond donors (Lipinski definition) is 0. The van der Waals surface area contributed by atoms with Crippen molar-refractivity contribution in [2.75, 3.05) is 9.80 Å². The number of para-hydroxylation sites is 2. The highest BCUT2D eigenvalue weighted by atomic mass is 35.5. The van der Waals surface area contributed by atoms with Crippen LogP contribution in [0.15, 0.2) is 72.8 Å². The van der Waals surface area contributed by atoms with Crippen molar-refractivity contribution in [3.8, 4) is 0 Å². The van der Waals surface area contributed by atoms with Gasteiger partial charge in [-0.1, -0.05) is 118 Å². The lowest BCUT2D eigenvalue weighted by Gasteiger charge is -2.24. The highest BCUT2D eigenvalue weighted by molar-refractivity contribution is 6.56. The highest BCUT2D eigenvalue weighted by Crippen LogP contribution is 2.80. The fourth-order valence-corrected chi connectivity index (χ4v) is 7.27. The second-order valence-corrected chi connectivity index (χ2v) is 11.4. The third-order valence-electron chi connectivity index (χ3n) is 7.15. The van der Waals surface area contributed by atoms with E-state index in [1.807, 2.05) is 24.3 Å². The van der Waals surface area contributed by atoms with Gasteiger partial charge in [-0.15, -0.1) is 0 Å². The summed E-state index contributed by atoms with van der Waals surface area (Å²) < 4.78 is -2.23. The van der Waals surface area contributed by atoms with Gasteiger partial charge in [0.25, 0.3) is 0 Å². The van der Waals surface area contributed by atoms with Crippen molar-refractivity contribution < 1.29 is 0 Å². The molecule has 6 rings (SSSR count). The molecule has 0 saturated carbocycles. The Balaban J connectivity index is 1.65. The number of rotatable bonds is 2. The predicted molar refractivity (Wildman–Crippen MR) is 131 cm³/mol. The van der Waals surface area contributed by atoms with Gasteiger partial charge in [0.2, 0.25) is 8.91 Å². The lowest BCUT2D eigenvalue weighted by Crippen LogP contribution is -2.29. The Morgan fingerprint density at radius 3 is 1.29 bits per heavy atom. The van der Waals surface area contributed by atoms with E-state index in [4.69, 9.17) is 46.4 Å². The molecule has 0 N–H and O–H groups in total. The molecule has 3 aromatic carbocycles. The Bertz CT molecular complexity index is 1110. The van der Waals surface area contributed by atoms with E-state index < -0.39 is 20.0 Å². The number of halogens is 4. The Morgan fingerprint density at radius 2 is 0.935 bits per heavy atom. The number of benzene rings is 3.